The Hall–Kier alpha value is -2.96. The lowest BCUT2D eigenvalue weighted by molar-refractivity contribution is 0.640. The highest BCUT2D eigenvalue weighted by Gasteiger charge is 2.20. The molecular weight excluding hydrogens is 326 g/mol. The molecule has 0 unspecified atom stereocenters. The van der Waals surface area contributed by atoms with Crippen LogP contribution in [0.2, 0.25) is 0 Å². The molecule has 0 radical (unpaired) electrons. The van der Waals surface area contributed by atoms with Crippen molar-refractivity contribution in [3.05, 3.63) is 53.6 Å². The minimum Gasteiger partial charge on any atom is -0.367 e. The van der Waals surface area contributed by atoms with E-state index in [9.17, 15) is 0 Å². The van der Waals surface area contributed by atoms with Gasteiger partial charge in [0.15, 0.2) is 11.6 Å². The second-order valence-corrected chi connectivity index (χ2v) is 6.72. The van der Waals surface area contributed by atoms with E-state index in [1.54, 1.807) is 0 Å². The molecule has 1 aliphatic rings. The summed E-state index contributed by atoms with van der Waals surface area (Å²) in [7, 11) is 0. The first-order valence-electron chi connectivity index (χ1n) is 8.90. The van der Waals surface area contributed by atoms with Crippen molar-refractivity contribution in [3.8, 4) is 5.82 Å². The number of hydrogen-bond donors (Lipinski definition) is 0. The van der Waals surface area contributed by atoms with Crippen molar-refractivity contribution in [2.24, 2.45) is 0 Å². The summed E-state index contributed by atoms with van der Waals surface area (Å²) in [5.74, 6) is 1.67. The van der Waals surface area contributed by atoms with Crippen molar-refractivity contribution in [3.63, 3.8) is 0 Å². The molecule has 1 saturated heterocycles. The lowest BCUT2D eigenvalue weighted by atomic mass is 10.2. The molecule has 0 amide bonds. The molecule has 3 aromatic heterocycles. The van der Waals surface area contributed by atoms with Crippen LogP contribution in [0.4, 0.5) is 11.5 Å². The summed E-state index contributed by atoms with van der Waals surface area (Å²) >= 11 is 0. The molecule has 0 saturated carbocycles. The molecule has 134 valence electrons. The van der Waals surface area contributed by atoms with E-state index in [-0.39, 0.29) is 0 Å². The first-order valence-corrected chi connectivity index (χ1v) is 8.90. The summed E-state index contributed by atoms with van der Waals surface area (Å²) in [5.41, 5.74) is 4.53. The van der Waals surface area contributed by atoms with Crippen molar-refractivity contribution in [1.82, 2.24) is 25.0 Å². The zero-order chi connectivity index (χ0) is 18.1. The van der Waals surface area contributed by atoms with Crippen LogP contribution in [0.5, 0.6) is 0 Å². The van der Waals surface area contributed by atoms with Gasteiger partial charge in [-0.1, -0.05) is 0 Å². The fraction of sp³-hybridized carbons (Fsp3) is 0.368. The lowest BCUT2D eigenvalue weighted by Gasteiger charge is -2.36. The van der Waals surface area contributed by atoms with E-state index < -0.39 is 0 Å². The number of aryl methyl sites for hydroxylation is 3. The Bertz CT molecular complexity index is 893. The Morgan fingerprint density at radius 1 is 0.846 bits per heavy atom. The van der Waals surface area contributed by atoms with Gasteiger partial charge in [-0.3, -0.25) is 4.98 Å². The second kappa shape index (κ2) is 6.74. The van der Waals surface area contributed by atoms with Crippen LogP contribution in [0.25, 0.3) is 5.82 Å². The second-order valence-electron chi connectivity index (χ2n) is 6.72. The predicted molar refractivity (Wildman–Crippen MR) is 102 cm³/mol. The summed E-state index contributed by atoms with van der Waals surface area (Å²) in [4.78, 5) is 8.92. The van der Waals surface area contributed by atoms with Crippen molar-refractivity contribution in [2.75, 3.05) is 36.0 Å². The van der Waals surface area contributed by atoms with Crippen LogP contribution in [-0.2, 0) is 0 Å². The average molecular weight is 349 g/mol. The highest BCUT2D eigenvalue weighted by Crippen LogP contribution is 2.21. The van der Waals surface area contributed by atoms with Crippen LogP contribution in [0.1, 0.15) is 17.0 Å². The Morgan fingerprint density at radius 2 is 1.54 bits per heavy atom. The van der Waals surface area contributed by atoms with Gasteiger partial charge in [-0.05, 0) is 50.6 Å². The average Bonchev–Trinajstić information content (AvgIpc) is 3.01. The van der Waals surface area contributed by atoms with E-state index in [1.807, 2.05) is 49.1 Å². The molecule has 0 aliphatic carbocycles. The fourth-order valence-electron chi connectivity index (χ4n) is 3.42. The van der Waals surface area contributed by atoms with E-state index in [2.05, 4.69) is 43.1 Å². The molecular formula is C19H23N7. The predicted octanol–water partition coefficient (Wildman–Crippen LogP) is 2.31. The Balaban J connectivity index is 1.45. The van der Waals surface area contributed by atoms with E-state index in [1.165, 1.54) is 11.3 Å². The number of hydrogen-bond acceptors (Lipinski definition) is 6. The van der Waals surface area contributed by atoms with E-state index in [0.29, 0.717) is 0 Å². The number of anilines is 2. The van der Waals surface area contributed by atoms with Crippen LogP contribution in [-0.4, -0.2) is 51.1 Å². The molecule has 26 heavy (non-hydrogen) atoms. The Morgan fingerprint density at radius 3 is 2.15 bits per heavy atom. The van der Waals surface area contributed by atoms with Crippen LogP contribution < -0.4 is 9.80 Å². The smallest absolute Gasteiger partial charge is 0.176 e. The van der Waals surface area contributed by atoms with Crippen molar-refractivity contribution in [2.45, 2.75) is 20.8 Å². The monoisotopic (exact) mass is 349 g/mol. The van der Waals surface area contributed by atoms with Gasteiger partial charge in [0, 0.05) is 38.1 Å². The number of pyridine rings is 1. The van der Waals surface area contributed by atoms with E-state index in [4.69, 9.17) is 0 Å². The van der Waals surface area contributed by atoms with Crippen LogP contribution in [0.15, 0.2) is 36.7 Å². The van der Waals surface area contributed by atoms with Crippen molar-refractivity contribution >= 4 is 11.5 Å². The molecule has 0 atom stereocenters. The first kappa shape index (κ1) is 16.5. The molecule has 1 fully saturated rings. The topological polar surface area (TPSA) is 63.0 Å². The summed E-state index contributed by atoms with van der Waals surface area (Å²) in [6, 6.07) is 8.11. The van der Waals surface area contributed by atoms with Crippen LogP contribution >= 0.6 is 0 Å². The van der Waals surface area contributed by atoms with Crippen molar-refractivity contribution < 1.29 is 0 Å². The van der Waals surface area contributed by atoms with E-state index in [0.717, 1.165) is 49.2 Å². The number of rotatable bonds is 3. The van der Waals surface area contributed by atoms with Gasteiger partial charge in [0.1, 0.15) is 0 Å². The molecule has 0 bridgehead atoms. The zero-order valence-electron chi connectivity index (χ0n) is 15.4. The normalized spacial score (nSPS) is 14.7. The SMILES string of the molecule is Cc1cc(C)n(-c2ccc(N3CCN(c4cnccc4C)CC3)nn2)n1. The van der Waals surface area contributed by atoms with Gasteiger partial charge in [-0.15, -0.1) is 10.2 Å². The number of nitrogens with zero attached hydrogens (tertiary/aromatic N) is 7. The van der Waals surface area contributed by atoms with Crippen LogP contribution in [0, 0.1) is 20.8 Å². The summed E-state index contributed by atoms with van der Waals surface area (Å²) in [5, 5.41) is 13.3. The van der Waals surface area contributed by atoms with Gasteiger partial charge < -0.3 is 9.80 Å². The first-order chi connectivity index (χ1) is 12.6. The maximum absolute atomic E-state index is 4.46. The summed E-state index contributed by atoms with van der Waals surface area (Å²) < 4.78 is 1.83. The minimum atomic E-state index is 0.754. The number of aromatic nitrogens is 5. The summed E-state index contributed by atoms with van der Waals surface area (Å²) in [6.07, 6.45) is 3.79. The molecule has 0 aromatic carbocycles. The highest BCUT2D eigenvalue weighted by atomic mass is 15.4. The van der Waals surface area contributed by atoms with E-state index >= 15 is 0 Å². The number of piperazine rings is 1. The third-order valence-electron chi connectivity index (χ3n) is 4.82. The maximum atomic E-state index is 4.46. The van der Waals surface area contributed by atoms with Crippen LogP contribution in [0.3, 0.4) is 0 Å². The van der Waals surface area contributed by atoms with Gasteiger partial charge in [-0.2, -0.15) is 5.10 Å². The van der Waals surface area contributed by atoms with Gasteiger partial charge >= 0.3 is 0 Å². The molecule has 0 N–H and O–H groups in total. The largest absolute Gasteiger partial charge is 0.367 e. The van der Waals surface area contributed by atoms with Gasteiger partial charge in [0.25, 0.3) is 0 Å². The Kier molecular flexibility index (Phi) is 4.28. The summed E-state index contributed by atoms with van der Waals surface area (Å²) in [6.45, 7) is 9.88. The lowest BCUT2D eigenvalue weighted by Crippen LogP contribution is -2.47. The molecule has 3 aromatic rings. The highest BCUT2D eigenvalue weighted by molar-refractivity contribution is 5.53. The van der Waals surface area contributed by atoms with Crippen molar-refractivity contribution in [1.29, 1.82) is 0 Å². The van der Waals surface area contributed by atoms with Gasteiger partial charge in [0.05, 0.1) is 17.6 Å². The molecule has 7 nitrogen and oxygen atoms in total. The van der Waals surface area contributed by atoms with Gasteiger partial charge in [0.2, 0.25) is 0 Å². The molecule has 7 heteroatoms. The Labute approximate surface area is 153 Å². The standard InChI is InChI=1S/C19H23N7/c1-14-6-7-20-13-17(14)24-8-10-25(11-9-24)18-4-5-19(22-21-18)26-16(3)12-15(2)23-26/h4-7,12-13H,8-11H2,1-3H3. The third-order valence-corrected chi connectivity index (χ3v) is 4.82. The maximum Gasteiger partial charge on any atom is 0.176 e. The molecule has 1 aliphatic heterocycles. The fourth-order valence-corrected chi connectivity index (χ4v) is 3.42. The zero-order valence-corrected chi connectivity index (χ0v) is 15.4. The molecule has 0 spiro atoms. The molecule has 4 heterocycles. The third kappa shape index (κ3) is 3.12. The minimum absolute atomic E-state index is 0.754. The quantitative estimate of drug-likeness (QED) is 0.723. The molecule has 4 rings (SSSR count). The van der Waals surface area contributed by atoms with Gasteiger partial charge in [-0.25, -0.2) is 4.68 Å².